The highest BCUT2D eigenvalue weighted by Gasteiger charge is 2.26. The van der Waals surface area contributed by atoms with Crippen LogP contribution in [0.5, 0.6) is 0 Å². The van der Waals surface area contributed by atoms with Gasteiger partial charge in [-0.15, -0.1) is 0 Å². The second-order valence-electron chi connectivity index (χ2n) is 6.12. The summed E-state index contributed by atoms with van der Waals surface area (Å²) in [6.45, 7) is 0.698. The molecule has 0 spiro atoms. The Morgan fingerprint density at radius 2 is 1.96 bits per heavy atom. The van der Waals surface area contributed by atoms with Gasteiger partial charge in [0, 0.05) is 30.2 Å². The average Bonchev–Trinajstić information content (AvgIpc) is 3.38. The first-order valence-electron chi connectivity index (χ1n) is 8.22. The van der Waals surface area contributed by atoms with Crippen molar-refractivity contribution in [2.24, 2.45) is 0 Å². The van der Waals surface area contributed by atoms with Gasteiger partial charge in [0.25, 0.3) is 5.91 Å². The third-order valence-corrected chi connectivity index (χ3v) is 4.61. The number of fused-ring (bicyclic) bond motifs is 2. The molecular weight excluding hydrogens is 314 g/mol. The molecule has 1 amide bonds. The van der Waals surface area contributed by atoms with Crippen LogP contribution in [0.3, 0.4) is 0 Å². The summed E-state index contributed by atoms with van der Waals surface area (Å²) in [5, 5.41) is 0. The minimum Gasteiger partial charge on any atom is -0.464 e. The van der Waals surface area contributed by atoms with Gasteiger partial charge < -0.3 is 13.7 Å². The van der Waals surface area contributed by atoms with E-state index in [9.17, 15) is 4.79 Å². The Morgan fingerprint density at radius 1 is 1.04 bits per heavy atom. The summed E-state index contributed by atoms with van der Waals surface area (Å²) in [4.78, 5) is 19.2. The van der Waals surface area contributed by atoms with E-state index in [1.165, 1.54) is 5.56 Å². The first-order valence-corrected chi connectivity index (χ1v) is 8.22. The Kier molecular flexibility index (Phi) is 3.00. The molecule has 3 aromatic heterocycles. The summed E-state index contributed by atoms with van der Waals surface area (Å²) >= 11 is 0. The number of anilines is 1. The summed E-state index contributed by atoms with van der Waals surface area (Å²) in [6.07, 6.45) is 6.24. The predicted molar refractivity (Wildman–Crippen MR) is 94.7 cm³/mol. The van der Waals surface area contributed by atoms with Crippen LogP contribution in [0.25, 0.3) is 17.0 Å². The molecule has 4 heterocycles. The van der Waals surface area contributed by atoms with Gasteiger partial charge in [-0.2, -0.15) is 0 Å². The number of nitrogens with zero attached hydrogens (tertiary/aromatic N) is 3. The van der Waals surface area contributed by atoms with Crippen LogP contribution in [0.1, 0.15) is 16.1 Å². The van der Waals surface area contributed by atoms with Gasteiger partial charge in [-0.3, -0.25) is 4.79 Å². The highest BCUT2D eigenvalue weighted by atomic mass is 16.3. The Balaban J connectivity index is 1.52. The van der Waals surface area contributed by atoms with Gasteiger partial charge in [-0.1, -0.05) is 18.2 Å². The third-order valence-electron chi connectivity index (χ3n) is 4.61. The Bertz CT molecular complexity index is 1080. The fraction of sp³-hybridized carbons (Fsp3) is 0.100. The maximum Gasteiger partial charge on any atom is 0.278 e. The number of imidazole rings is 1. The number of amides is 1. The van der Waals surface area contributed by atoms with Crippen LogP contribution >= 0.6 is 0 Å². The van der Waals surface area contributed by atoms with Crippen molar-refractivity contribution >= 4 is 17.2 Å². The van der Waals surface area contributed by atoms with E-state index >= 15 is 0 Å². The normalized spacial score (nSPS) is 13.4. The second kappa shape index (κ2) is 5.34. The van der Waals surface area contributed by atoms with Crippen molar-refractivity contribution in [3.8, 4) is 11.3 Å². The maximum absolute atomic E-state index is 12.9. The van der Waals surface area contributed by atoms with E-state index < -0.39 is 0 Å². The lowest BCUT2D eigenvalue weighted by atomic mass is 10.2. The van der Waals surface area contributed by atoms with Crippen LogP contribution in [-0.4, -0.2) is 21.8 Å². The molecule has 1 aromatic carbocycles. The van der Waals surface area contributed by atoms with Crippen molar-refractivity contribution in [1.29, 1.82) is 0 Å². The number of carbonyl (C=O) groups excluding carboxylic acids is 1. The molecule has 1 aliphatic heterocycles. The van der Waals surface area contributed by atoms with Gasteiger partial charge in [0.05, 0.1) is 6.26 Å². The number of furan rings is 1. The molecule has 1 aliphatic rings. The molecule has 0 N–H and O–H groups in total. The number of hydrogen-bond acceptors (Lipinski definition) is 3. The van der Waals surface area contributed by atoms with E-state index in [2.05, 4.69) is 11.1 Å². The van der Waals surface area contributed by atoms with E-state index in [0.717, 1.165) is 29.1 Å². The fourth-order valence-electron chi connectivity index (χ4n) is 3.37. The molecule has 122 valence electrons. The van der Waals surface area contributed by atoms with Gasteiger partial charge in [0.1, 0.15) is 17.1 Å². The lowest BCUT2D eigenvalue weighted by molar-refractivity contribution is 0.0985. The number of carbonyl (C=O) groups is 1. The van der Waals surface area contributed by atoms with Crippen LogP contribution < -0.4 is 4.90 Å². The van der Waals surface area contributed by atoms with E-state index in [-0.39, 0.29) is 5.91 Å². The molecule has 0 saturated carbocycles. The number of hydrogen-bond donors (Lipinski definition) is 0. The topological polar surface area (TPSA) is 50.8 Å². The zero-order valence-corrected chi connectivity index (χ0v) is 13.4. The second-order valence-corrected chi connectivity index (χ2v) is 6.12. The first-order chi connectivity index (χ1) is 12.3. The number of aromatic nitrogens is 2. The van der Waals surface area contributed by atoms with Crippen LogP contribution in [0.15, 0.2) is 71.6 Å². The van der Waals surface area contributed by atoms with Crippen molar-refractivity contribution in [1.82, 2.24) is 9.38 Å². The van der Waals surface area contributed by atoms with Gasteiger partial charge in [-0.05, 0) is 42.3 Å². The highest BCUT2D eigenvalue weighted by molar-refractivity contribution is 6.06. The fourth-order valence-corrected chi connectivity index (χ4v) is 3.37. The third kappa shape index (κ3) is 2.24. The van der Waals surface area contributed by atoms with Crippen molar-refractivity contribution in [3.63, 3.8) is 0 Å². The summed E-state index contributed by atoms with van der Waals surface area (Å²) in [6, 6.07) is 15.6. The molecule has 0 aliphatic carbocycles. The first kappa shape index (κ1) is 14.0. The maximum atomic E-state index is 12.9. The number of pyridine rings is 1. The van der Waals surface area contributed by atoms with Crippen LogP contribution in [0, 0.1) is 0 Å². The summed E-state index contributed by atoms with van der Waals surface area (Å²) in [7, 11) is 0. The molecule has 0 saturated heterocycles. The Morgan fingerprint density at radius 3 is 2.84 bits per heavy atom. The Hall–Kier alpha value is -3.34. The standard InChI is InChI=1S/C20H15N3O2/c24-20(23-10-9-14-4-1-2-5-17(14)23)16-13-22-12-15(7-8-19(22)21-16)18-6-3-11-25-18/h1-8,11-13H,9-10H2. The molecule has 5 rings (SSSR count). The summed E-state index contributed by atoms with van der Waals surface area (Å²) < 4.78 is 7.30. The SMILES string of the molecule is O=C(c1cn2cc(-c3ccco3)ccc2n1)N1CCc2ccccc21. The molecule has 0 atom stereocenters. The molecule has 0 radical (unpaired) electrons. The van der Waals surface area contributed by atoms with Gasteiger partial charge >= 0.3 is 0 Å². The molecule has 4 aromatic rings. The zero-order valence-electron chi connectivity index (χ0n) is 13.4. The molecule has 0 unspecified atom stereocenters. The molecule has 5 nitrogen and oxygen atoms in total. The number of benzene rings is 1. The van der Waals surface area contributed by atoms with Crippen molar-refractivity contribution in [2.45, 2.75) is 6.42 Å². The molecule has 0 bridgehead atoms. The number of para-hydroxylation sites is 1. The van der Waals surface area contributed by atoms with Crippen LogP contribution in [0.4, 0.5) is 5.69 Å². The smallest absolute Gasteiger partial charge is 0.278 e. The van der Waals surface area contributed by atoms with E-state index in [1.807, 2.05) is 58.0 Å². The van der Waals surface area contributed by atoms with Crippen molar-refractivity contribution < 1.29 is 9.21 Å². The van der Waals surface area contributed by atoms with E-state index in [4.69, 9.17) is 4.42 Å². The highest BCUT2D eigenvalue weighted by Crippen LogP contribution is 2.29. The van der Waals surface area contributed by atoms with E-state index in [1.54, 1.807) is 12.5 Å². The van der Waals surface area contributed by atoms with Crippen LogP contribution in [-0.2, 0) is 6.42 Å². The van der Waals surface area contributed by atoms with Crippen LogP contribution in [0.2, 0.25) is 0 Å². The van der Waals surface area contributed by atoms with Gasteiger partial charge in [0.15, 0.2) is 0 Å². The zero-order chi connectivity index (χ0) is 16.8. The molecule has 0 fully saturated rings. The predicted octanol–water partition coefficient (Wildman–Crippen LogP) is 3.80. The van der Waals surface area contributed by atoms with Crippen molar-refractivity contribution in [2.75, 3.05) is 11.4 Å². The molecule has 5 heteroatoms. The van der Waals surface area contributed by atoms with Crippen molar-refractivity contribution in [3.05, 3.63) is 78.4 Å². The van der Waals surface area contributed by atoms with E-state index in [0.29, 0.717) is 12.2 Å². The monoisotopic (exact) mass is 329 g/mol. The molecular formula is C20H15N3O2. The van der Waals surface area contributed by atoms with Gasteiger partial charge in [0.2, 0.25) is 0 Å². The minimum atomic E-state index is -0.0619. The summed E-state index contributed by atoms with van der Waals surface area (Å²) in [5.41, 5.74) is 4.33. The quantitative estimate of drug-likeness (QED) is 0.562. The molecule has 25 heavy (non-hydrogen) atoms. The minimum absolute atomic E-state index is 0.0619. The summed E-state index contributed by atoms with van der Waals surface area (Å²) in [5.74, 6) is 0.727. The van der Waals surface area contributed by atoms with Gasteiger partial charge in [-0.25, -0.2) is 4.98 Å². The average molecular weight is 329 g/mol. The lowest BCUT2D eigenvalue weighted by Gasteiger charge is -2.15. The Labute approximate surface area is 144 Å². The number of rotatable bonds is 2. The largest absolute Gasteiger partial charge is 0.464 e. The lowest BCUT2D eigenvalue weighted by Crippen LogP contribution is -2.29.